The molecule has 0 aliphatic carbocycles. The highest BCUT2D eigenvalue weighted by Gasteiger charge is 2.33. The van der Waals surface area contributed by atoms with E-state index in [9.17, 15) is 15.2 Å². The van der Waals surface area contributed by atoms with Gasteiger partial charge >= 0.3 is 0 Å². The number of hydrogen-bond donors (Lipinski definition) is 2. The van der Waals surface area contributed by atoms with Crippen LogP contribution in [0.5, 0.6) is 0 Å². The minimum atomic E-state index is -0.842. The highest BCUT2D eigenvalue weighted by Crippen LogP contribution is 2.22. The fraction of sp³-hybridized carbons (Fsp3) is 0.867. The summed E-state index contributed by atoms with van der Waals surface area (Å²) in [6.45, 7) is 8.00. The van der Waals surface area contributed by atoms with Crippen LogP contribution in [0.1, 0.15) is 47.0 Å². The predicted molar refractivity (Wildman–Crippen MR) is 77.9 cm³/mol. The molecule has 1 fully saturated rings. The first-order valence-electron chi connectivity index (χ1n) is 7.43. The van der Waals surface area contributed by atoms with E-state index in [1.54, 1.807) is 6.92 Å². The van der Waals surface area contributed by atoms with Crippen molar-refractivity contribution in [2.24, 2.45) is 5.92 Å². The maximum atomic E-state index is 12.2. The minimum Gasteiger partial charge on any atom is -0.395 e. The molecule has 1 aliphatic heterocycles. The van der Waals surface area contributed by atoms with E-state index in [1.807, 2.05) is 13.8 Å². The molecule has 1 heterocycles. The molecule has 20 heavy (non-hydrogen) atoms. The molecule has 0 radical (unpaired) electrons. The largest absolute Gasteiger partial charge is 0.395 e. The monoisotopic (exact) mass is 281 g/mol. The zero-order valence-corrected chi connectivity index (χ0v) is 13.0. The van der Waals surface area contributed by atoms with Gasteiger partial charge in [-0.05, 0) is 32.6 Å². The molecule has 5 heteroatoms. The molecular formula is C15H27N3O2. The lowest BCUT2D eigenvalue weighted by Crippen LogP contribution is -2.55. The number of aliphatic hydroxyl groups is 1. The van der Waals surface area contributed by atoms with Crippen LogP contribution in [-0.4, -0.2) is 46.7 Å². The third-order valence-corrected chi connectivity index (χ3v) is 4.52. The van der Waals surface area contributed by atoms with Gasteiger partial charge in [0, 0.05) is 12.1 Å². The predicted octanol–water partition coefficient (Wildman–Crippen LogP) is 1.28. The van der Waals surface area contributed by atoms with Crippen molar-refractivity contribution in [1.82, 2.24) is 10.2 Å². The number of aliphatic hydroxyl groups excluding tert-OH is 1. The fourth-order valence-electron chi connectivity index (χ4n) is 2.62. The molecule has 3 atom stereocenters. The van der Waals surface area contributed by atoms with Gasteiger partial charge in [-0.15, -0.1) is 0 Å². The van der Waals surface area contributed by atoms with Crippen LogP contribution in [-0.2, 0) is 4.79 Å². The molecule has 1 rings (SSSR count). The molecule has 5 nitrogen and oxygen atoms in total. The van der Waals surface area contributed by atoms with Gasteiger partial charge in [-0.25, -0.2) is 0 Å². The molecule has 114 valence electrons. The zero-order valence-electron chi connectivity index (χ0n) is 13.0. The Bertz CT molecular complexity index is 378. The number of piperidine rings is 1. The molecule has 1 amide bonds. The standard InChI is InChI=1S/C15H27N3O2/c1-11(2)15(4,10-16)17-14(20)8-18-12(3)6-5-7-13(18)9-19/h11-13,19H,5-9H2,1-4H3,(H,17,20). The maximum absolute atomic E-state index is 12.2. The van der Waals surface area contributed by atoms with Gasteiger partial charge in [0.2, 0.25) is 5.91 Å². The van der Waals surface area contributed by atoms with E-state index in [0.717, 1.165) is 19.3 Å². The Labute approximate surface area is 122 Å². The number of nitrogens with one attached hydrogen (secondary N) is 1. The topological polar surface area (TPSA) is 76.4 Å². The molecule has 1 saturated heterocycles. The normalized spacial score (nSPS) is 26.9. The second-order valence-electron chi connectivity index (χ2n) is 6.31. The molecule has 0 aromatic heterocycles. The quantitative estimate of drug-likeness (QED) is 0.796. The van der Waals surface area contributed by atoms with Crippen LogP contribution >= 0.6 is 0 Å². The van der Waals surface area contributed by atoms with Crippen molar-refractivity contribution in [3.63, 3.8) is 0 Å². The average Bonchev–Trinajstić information content (AvgIpc) is 2.40. The number of likely N-dealkylation sites (tertiary alicyclic amines) is 1. The van der Waals surface area contributed by atoms with Gasteiger partial charge in [0.05, 0.1) is 19.2 Å². The SMILES string of the molecule is CC1CCCC(CO)N1CC(=O)NC(C)(C#N)C(C)C. The summed E-state index contributed by atoms with van der Waals surface area (Å²) in [5.74, 6) is -0.0983. The lowest BCUT2D eigenvalue weighted by Gasteiger charge is -2.40. The van der Waals surface area contributed by atoms with Crippen LogP contribution in [0.2, 0.25) is 0 Å². The lowest BCUT2D eigenvalue weighted by atomic mass is 9.90. The molecule has 2 N–H and O–H groups in total. The number of hydrogen-bond acceptors (Lipinski definition) is 4. The first-order chi connectivity index (χ1) is 9.34. The Hall–Kier alpha value is -1.12. The number of amides is 1. The van der Waals surface area contributed by atoms with E-state index in [-0.39, 0.29) is 31.0 Å². The number of carbonyl (C=O) groups is 1. The van der Waals surface area contributed by atoms with Crippen molar-refractivity contribution in [2.75, 3.05) is 13.2 Å². The fourth-order valence-corrected chi connectivity index (χ4v) is 2.62. The van der Waals surface area contributed by atoms with Crippen LogP contribution in [0.4, 0.5) is 0 Å². The number of nitriles is 1. The zero-order chi connectivity index (χ0) is 15.3. The molecule has 3 unspecified atom stereocenters. The highest BCUT2D eigenvalue weighted by molar-refractivity contribution is 5.79. The van der Waals surface area contributed by atoms with Crippen molar-refractivity contribution >= 4 is 5.91 Å². The van der Waals surface area contributed by atoms with E-state index >= 15 is 0 Å². The summed E-state index contributed by atoms with van der Waals surface area (Å²) in [5.41, 5.74) is -0.842. The van der Waals surface area contributed by atoms with Crippen LogP contribution in [0.15, 0.2) is 0 Å². The Morgan fingerprint density at radius 2 is 2.20 bits per heavy atom. The summed E-state index contributed by atoms with van der Waals surface area (Å²) in [7, 11) is 0. The Kier molecular flexibility index (Phi) is 5.97. The van der Waals surface area contributed by atoms with Gasteiger partial charge in [-0.2, -0.15) is 5.26 Å². The number of carbonyl (C=O) groups excluding carboxylic acids is 1. The first-order valence-corrected chi connectivity index (χ1v) is 7.43. The van der Waals surface area contributed by atoms with Crippen LogP contribution in [0.25, 0.3) is 0 Å². The van der Waals surface area contributed by atoms with Gasteiger partial charge in [-0.3, -0.25) is 9.69 Å². The summed E-state index contributed by atoms with van der Waals surface area (Å²) in [6, 6.07) is 2.53. The van der Waals surface area contributed by atoms with Crippen molar-refractivity contribution in [2.45, 2.75) is 64.6 Å². The Morgan fingerprint density at radius 1 is 1.55 bits per heavy atom. The summed E-state index contributed by atoms with van der Waals surface area (Å²) in [5, 5.41) is 21.5. The van der Waals surface area contributed by atoms with Gasteiger partial charge in [-0.1, -0.05) is 20.3 Å². The third kappa shape index (κ3) is 3.94. The van der Waals surface area contributed by atoms with Gasteiger partial charge < -0.3 is 10.4 Å². The van der Waals surface area contributed by atoms with Crippen LogP contribution < -0.4 is 5.32 Å². The molecular weight excluding hydrogens is 254 g/mol. The molecule has 0 spiro atoms. The molecule has 0 bridgehead atoms. The molecule has 0 aromatic carbocycles. The Morgan fingerprint density at radius 3 is 2.70 bits per heavy atom. The highest BCUT2D eigenvalue weighted by atomic mass is 16.3. The maximum Gasteiger partial charge on any atom is 0.235 e. The van der Waals surface area contributed by atoms with Crippen molar-refractivity contribution in [3.8, 4) is 6.07 Å². The van der Waals surface area contributed by atoms with E-state index in [1.165, 1.54) is 0 Å². The van der Waals surface area contributed by atoms with Gasteiger partial charge in [0.1, 0.15) is 5.54 Å². The van der Waals surface area contributed by atoms with Crippen molar-refractivity contribution in [3.05, 3.63) is 0 Å². The average molecular weight is 281 g/mol. The lowest BCUT2D eigenvalue weighted by molar-refractivity contribution is -0.126. The molecule has 0 saturated carbocycles. The van der Waals surface area contributed by atoms with Crippen molar-refractivity contribution < 1.29 is 9.90 Å². The summed E-state index contributed by atoms with van der Waals surface area (Å²) >= 11 is 0. The minimum absolute atomic E-state index is 0.0452. The third-order valence-electron chi connectivity index (χ3n) is 4.52. The second-order valence-corrected chi connectivity index (χ2v) is 6.31. The Balaban J connectivity index is 2.67. The van der Waals surface area contributed by atoms with E-state index < -0.39 is 5.54 Å². The van der Waals surface area contributed by atoms with Crippen molar-refractivity contribution in [1.29, 1.82) is 5.26 Å². The van der Waals surface area contributed by atoms with Gasteiger partial charge in [0.25, 0.3) is 0 Å². The summed E-state index contributed by atoms with van der Waals surface area (Å²) in [4.78, 5) is 14.3. The van der Waals surface area contributed by atoms with Crippen LogP contribution in [0.3, 0.4) is 0 Å². The number of nitrogens with zero attached hydrogens (tertiary/aromatic N) is 2. The van der Waals surface area contributed by atoms with Crippen LogP contribution in [0, 0.1) is 17.2 Å². The van der Waals surface area contributed by atoms with E-state index in [2.05, 4.69) is 23.2 Å². The molecule has 1 aliphatic rings. The van der Waals surface area contributed by atoms with E-state index in [0.29, 0.717) is 6.04 Å². The summed E-state index contributed by atoms with van der Waals surface area (Å²) in [6.07, 6.45) is 3.06. The summed E-state index contributed by atoms with van der Waals surface area (Å²) < 4.78 is 0. The number of rotatable bonds is 5. The first kappa shape index (κ1) is 16.9. The van der Waals surface area contributed by atoms with E-state index in [4.69, 9.17) is 0 Å². The second kappa shape index (κ2) is 7.05. The van der Waals surface area contributed by atoms with Gasteiger partial charge in [0.15, 0.2) is 0 Å². The molecule has 0 aromatic rings. The smallest absolute Gasteiger partial charge is 0.235 e.